The number of nitrogens with zero attached hydrogens (tertiary/aromatic N) is 2. The van der Waals surface area contributed by atoms with Gasteiger partial charge in [0.15, 0.2) is 11.5 Å². The van der Waals surface area contributed by atoms with Gasteiger partial charge in [0.1, 0.15) is 6.26 Å². The first-order valence-corrected chi connectivity index (χ1v) is 7.12. The Hall–Kier alpha value is -2.02. The fraction of sp³-hybridized carbons (Fsp3) is 0.286. The first kappa shape index (κ1) is 13.9. The van der Waals surface area contributed by atoms with Crippen molar-refractivity contribution in [3.63, 3.8) is 0 Å². The number of amides is 1. The monoisotopic (exact) mass is 352 g/mol. The van der Waals surface area contributed by atoms with Crippen LogP contribution in [0.3, 0.4) is 0 Å². The number of benzene rings is 1. The highest BCUT2D eigenvalue weighted by Gasteiger charge is 2.21. The van der Waals surface area contributed by atoms with Crippen LogP contribution in [0.15, 0.2) is 27.3 Å². The van der Waals surface area contributed by atoms with E-state index in [9.17, 15) is 4.79 Å². The summed E-state index contributed by atoms with van der Waals surface area (Å²) < 4.78 is 16.8. The summed E-state index contributed by atoms with van der Waals surface area (Å²) in [6, 6.07) is 3.96. The largest absolute Gasteiger partial charge is 0.454 e. The van der Waals surface area contributed by atoms with Crippen molar-refractivity contribution in [2.45, 2.75) is 20.4 Å². The highest BCUT2D eigenvalue weighted by atomic mass is 79.9. The zero-order valence-corrected chi connectivity index (χ0v) is 13.1. The molecule has 0 N–H and O–H groups in total. The van der Waals surface area contributed by atoms with Crippen molar-refractivity contribution in [1.82, 2.24) is 4.98 Å². The molecule has 0 spiro atoms. The number of rotatable bonds is 3. The zero-order valence-electron chi connectivity index (χ0n) is 11.6. The number of fused-ring (bicyclic) bond motifs is 1. The minimum absolute atomic E-state index is 0.151. The van der Waals surface area contributed by atoms with Gasteiger partial charge in [-0.3, -0.25) is 9.69 Å². The van der Waals surface area contributed by atoms with Gasteiger partial charge in [0.05, 0.1) is 12.2 Å². The van der Waals surface area contributed by atoms with Crippen molar-refractivity contribution in [3.8, 4) is 11.5 Å². The van der Waals surface area contributed by atoms with Crippen molar-refractivity contribution in [3.05, 3.63) is 34.1 Å². The first-order valence-electron chi connectivity index (χ1n) is 6.33. The highest BCUT2D eigenvalue weighted by molar-refractivity contribution is 9.10. The van der Waals surface area contributed by atoms with Crippen LogP contribution in [-0.2, 0) is 11.3 Å². The van der Waals surface area contributed by atoms with Crippen molar-refractivity contribution in [2.24, 2.45) is 0 Å². The van der Waals surface area contributed by atoms with Crippen molar-refractivity contribution in [2.75, 3.05) is 11.7 Å². The third-order valence-corrected chi connectivity index (χ3v) is 3.83. The van der Waals surface area contributed by atoms with Crippen LogP contribution in [0.1, 0.15) is 18.2 Å². The van der Waals surface area contributed by atoms with Crippen LogP contribution in [0.2, 0.25) is 0 Å². The maximum absolute atomic E-state index is 11.9. The van der Waals surface area contributed by atoms with Crippen molar-refractivity contribution >= 4 is 27.9 Å². The molecule has 0 fully saturated rings. The molecular weight excluding hydrogens is 340 g/mol. The van der Waals surface area contributed by atoms with Crippen LogP contribution < -0.4 is 14.4 Å². The van der Waals surface area contributed by atoms with E-state index in [1.807, 2.05) is 19.1 Å². The highest BCUT2D eigenvalue weighted by Crippen LogP contribution is 2.37. The van der Waals surface area contributed by atoms with Gasteiger partial charge in [0.25, 0.3) is 0 Å². The van der Waals surface area contributed by atoms with Gasteiger partial charge in [-0.25, -0.2) is 0 Å². The van der Waals surface area contributed by atoms with Crippen molar-refractivity contribution in [1.29, 1.82) is 0 Å². The molecule has 6 nitrogen and oxygen atoms in total. The summed E-state index contributed by atoms with van der Waals surface area (Å²) in [5, 5.41) is 0. The van der Waals surface area contributed by atoms with Crippen LogP contribution in [0.4, 0.5) is 6.01 Å². The molecule has 0 radical (unpaired) electrons. The Balaban J connectivity index is 1.91. The zero-order chi connectivity index (χ0) is 15.0. The summed E-state index contributed by atoms with van der Waals surface area (Å²) in [7, 11) is 0. The average molecular weight is 353 g/mol. The number of carbonyl (C=O) groups is 1. The molecule has 2 heterocycles. The number of carbonyl (C=O) groups excluding carboxylic acids is 1. The van der Waals surface area contributed by atoms with E-state index in [-0.39, 0.29) is 18.7 Å². The van der Waals surface area contributed by atoms with Gasteiger partial charge in [0, 0.05) is 11.4 Å². The third kappa shape index (κ3) is 2.73. The molecule has 7 heteroatoms. The lowest BCUT2D eigenvalue weighted by Crippen LogP contribution is -2.28. The van der Waals surface area contributed by atoms with Crippen molar-refractivity contribution < 1.29 is 18.7 Å². The number of anilines is 1. The van der Waals surface area contributed by atoms with E-state index < -0.39 is 0 Å². The standard InChI is InChI=1S/C14H13BrN2O4/c1-8-6-19-14(16-8)17(9(2)18)5-10-3-12-13(4-11(10)15)21-7-20-12/h3-4,6H,5,7H2,1-2H3. The molecule has 1 aliphatic rings. The Morgan fingerprint density at radius 2 is 2.10 bits per heavy atom. The molecule has 21 heavy (non-hydrogen) atoms. The smallest absolute Gasteiger partial charge is 0.304 e. The molecule has 1 amide bonds. The van der Waals surface area contributed by atoms with Gasteiger partial charge in [-0.2, -0.15) is 4.98 Å². The fourth-order valence-corrected chi connectivity index (χ4v) is 2.48. The van der Waals surface area contributed by atoms with Gasteiger partial charge in [-0.1, -0.05) is 15.9 Å². The van der Waals surface area contributed by atoms with Crippen LogP contribution in [-0.4, -0.2) is 17.7 Å². The first-order chi connectivity index (χ1) is 10.0. The Morgan fingerprint density at radius 1 is 1.38 bits per heavy atom. The van der Waals surface area contributed by atoms with E-state index in [4.69, 9.17) is 13.9 Å². The third-order valence-electron chi connectivity index (χ3n) is 3.09. The Morgan fingerprint density at radius 3 is 2.71 bits per heavy atom. The molecule has 1 aliphatic heterocycles. The molecule has 0 atom stereocenters. The second-order valence-corrected chi connectivity index (χ2v) is 5.53. The number of halogens is 1. The van der Waals surface area contributed by atoms with Gasteiger partial charge < -0.3 is 13.9 Å². The summed E-state index contributed by atoms with van der Waals surface area (Å²) in [5.41, 5.74) is 1.60. The molecule has 3 rings (SSSR count). The number of hydrogen-bond acceptors (Lipinski definition) is 5. The normalized spacial score (nSPS) is 12.5. The molecule has 0 bridgehead atoms. The van der Waals surface area contributed by atoms with Gasteiger partial charge >= 0.3 is 6.01 Å². The molecule has 2 aromatic rings. The van der Waals surface area contributed by atoms with Crippen LogP contribution in [0.5, 0.6) is 11.5 Å². The predicted molar refractivity (Wildman–Crippen MR) is 78.4 cm³/mol. The van der Waals surface area contributed by atoms with E-state index in [0.29, 0.717) is 18.0 Å². The van der Waals surface area contributed by atoms with E-state index in [1.165, 1.54) is 18.1 Å². The van der Waals surface area contributed by atoms with E-state index >= 15 is 0 Å². The second kappa shape index (κ2) is 5.40. The quantitative estimate of drug-likeness (QED) is 0.849. The molecule has 0 saturated carbocycles. The molecule has 110 valence electrons. The van der Waals surface area contributed by atoms with E-state index in [2.05, 4.69) is 20.9 Å². The lowest BCUT2D eigenvalue weighted by atomic mass is 10.2. The number of hydrogen-bond donors (Lipinski definition) is 0. The summed E-state index contributed by atoms with van der Waals surface area (Å²) in [6.07, 6.45) is 1.51. The lowest BCUT2D eigenvalue weighted by molar-refractivity contribution is -0.116. The van der Waals surface area contributed by atoms with Crippen LogP contribution in [0, 0.1) is 6.92 Å². The number of aryl methyl sites for hydroxylation is 1. The molecular formula is C14H13BrN2O4. The van der Waals surface area contributed by atoms with Gasteiger partial charge in [0.2, 0.25) is 12.7 Å². The van der Waals surface area contributed by atoms with E-state index in [1.54, 1.807) is 0 Å². The SMILES string of the molecule is CC(=O)N(Cc1cc2c(cc1Br)OCO2)c1nc(C)co1. The molecule has 0 unspecified atom stereocenters. The van der Waals surface area contributed by atoms with E-state index in [0.717, 1.165) is 15.7 Å². The Kier molecular flexibility index (Phi) is 3.59. The summed E-state index contributed by atoms with van der Waals surface area (Å²) in [5.74, 6) is 1.20. The second-order valence-electron chi connectivity index (χ2n) is 4.67. The van der Waals surface area contributed by atoms with Crippen LogP contribution >= 0.6 is 15.9 Å². The maximum Gasteiger partial charge on any atom is 0.304 e. The molecule has 1 aromatic heterocycles. The Bertz CT molecular complexity index is 698. The predicted octanol–water partition coefficient (Wildman–Crippen LogP) is 3.03. The number of aromatic nitrogens is 1. The fourth-order valence-electron chi connectivity index (χ4n) is 2.03. The number of ether oxygens (including phenoxy) is 2. The molecule has 0 aliphatic carbocycles. The summed E-state index contributed by atoms with van der Waals surface area (Å²) >= 11 is 3.48. The summed E-state index contributed by atoms with van der Waals surface area (Å²) in [4.78, 5) is 17.5. The maximum atomic E-state index is 11.9. The molecule has 1 aromatic carbocycles. The lowest BCUT2D eigenvalue weighted by Gasteiger charge is -2.17. The van der Waals surface area contributed by atoms with Crippen LogP contribution in [0.25, 0.3) is 0 Å². The summed E-state index contributed by atoms with van der Waals surface area (Å²) in [6.45, 7) is 3.81. The number of oxazole rings is 1. The minimum Gasteiger partial charge on any atom is -0.454 e. The van der Waals surface area contributed by atoms with Gasteiger partial charge in [-0.05, 0) is 24.6 Å². The minimum atomic E-state index is -0.151. The average Bonchev–Trinajstić information content (AvgIpc) is 3.04. The topological polar surface area (TPSA) is 64.8 Å². The Labute approximate surface area is 129 Å². The molecule has 0 saturated heterocycles. The van der Waals surface area contributed by atoms with Gasteiger partial charge in [-0.15, -0.1) is 0 Å².